The highest BCUT2D eigenvalue weighted by atomic mass is 32.2. The van der Waals surface area contributed by atoms with Crippen molar-refractivity contribution in [2.45, 2.75) is 48.7 Å². The Labute approximate surface area is 278 Å². The highest BCUT2D eigenvalue weighted by Gasteiger charge is 2.46. The first-order valence-corrected chi connectivity index (χ1v) is 17.0. The molecule has 2 N–H and O–H groups in total. The lowest BCUT2D eigenvalue weighted by molar-refractivity contribution is -0.164. The third kappa shape index (κ3) is 10.6. The monoisotopic (exact) mass is 708 g/mol. The van der Waals surface area contributed by atoms with Crippen molar-refractivity contribution in [1.82, 2.24) is 14.8 Å². The van der Waals surface area contributed by atoms with Gasteiger partial charge < -0.3 is 24.0 Å². The van der Waals surface area contributed by atoms with Crippen LogP contribution in [0.5, 0.6) is 0 Å². The van der Waals surface area contributed by atoms with E-state index in [1.165, 1.54) is 53.4 Å². The molecule has 2 heterocycles. The Hall–Kier alpha value is -3.81. The molecule has 0 aliphatic carbocycles. The molecule has 1 saturated heterocycles. The Bertz CT molecular complexity index is 1690. The number of esters is 1. The largest absolute Gasteiger partial charge is 0.469 e. The topological polar surface area (TPSA) is 166 Å². The van der Waals surface area contributed by atoms with Gasteiger partial charge in [-0.25, -0.2) is 27.4 Å². The fraction of sp³-hybridized carbons (Fsp3) is 0.355. The summed E-state index contributed by atoms with van der Waals surface area (Å²) in [6, 6.07) is 8.94. The number of halogens is 3. The Balaban J connectivity index is 1.47. The van der Waals surface area contributed by atoms with Crippen LogP contribution in [-0.2, 0) is 40.2 Å². The zero-order valence-electron chi connectivity index (χ0n) is 25.5. The number of phosphoric acid groups is 1. The number of carbonyl (C=O) groups is 1. The first-order valence-electron chi connectivity index (χ1n) is 14.5. The SMILES string of the molecule is C[C@@H](S[C@H]1CO[C@H](C=CC=Cc2ccc(C#N)cc2F)OC1)[C@@](Cn1cncn1)(OC(=O)CCCOP(=O)(O)O)c1ccc(F)cc1F. The Morgan fingerprint density at radius 1 is 1.21 bits per heavy atom. The van der Waals surface area contributed by atoms with Crippen LogP contribution >= 0.6 is 19.6 Å². The van der Waals surface area contributed by atoms with Crippen LogP contribution in [0.25, 0.3) is 6.08 Å². The van der Waals surface area contributed by atoms with Gasteiger partial charge in [0, 0.05) is 28.9 Å². The second-order valence-electron chi connectivity index (χ2n) is 10.5. The molecule has 0 bridgehead atoms. The van der Waals surface area contributed by atoms with Gasteiger partial charge in [0.1, 0.15) is 30.1 Å². The number of ether oxygens (including phenoxy) is 3. The normalized spacial score (nSPS) is 18.9. The van der Waals surface area contributed by atoms with Crippen molar-refractivity contribution in [3.8, 4) is 6.07 Å². The van der Waals surface area contributed by atoms with E-state index in [2.05, 4.69) is 14.6 Å². The lowest BCUT2D eigenvalue weighted by Crippen LogP contribution is -2.47. The number of nitriles is 1. The molecular formula is C31H32F3N4O8PS. The molecule has 256 valence electrons. The van der Waals surface area contributed by atoms with E-state index in [9.17, 15) is 18.1 Å². The molecule has 1 aliphatic heterocycles. The second kappa shape index (κ2) is 17.0. The molecule has 0 spiro atoms. The Kier molecular flexibility index (Phi) is 13.1. The van der Waals surface area contributed by atoms with Crippen LogP contribution in [-0.4, -0.2) is 67.1 Å². The molecule has 1 fully saturated rings. The minimum Gasteiger partial charge on any atom is -0.451 e. The van der Waals surface area contributed by atoms with E-state index < -0.39 is 55.0 Å². The zero-order valence-corrected chi connectivity index (χ0v) is 27.2. The highest BCUT2D eigenvalue weighted by molar-refractivity contribution is 8.00. The van der Waals surface area contributed by atoms with Gasteiger partial charge in [-0.05, 0) is 43.7 Å². The summed E-state index contributed by atoms with van der Waals surface area (Å²) in [6.07, 6.45) is 7.85. The van der Waals surface area contributed by atoms with E-state index in [1.807, 2.05) is 6.07 Å². The fourth-order valence-corrected chi connectivity index (χ4v) is 6.51. The number of hydrogen-bond acceptors (Lipinski definition) is 10. The van der Waals surface area contributed by atoms with Gasteiger partial charge in [0.2, 0.25) is 0 Å². The predicted molar refractivity (Wildman–Crippen MR) is 167 cm³/mol. The molecule has 0 saturated carbocycles. The standard InChI is InChI=1S/C31H32F3N4O8PS/c1-21(48-25-16-43-30(44-17-25)7-3-2-5-23-9-8-22(15-35)13-27(23)33)31(18-38-20-36-19-37-38,26-11-10-24(32)14-28(26)34)46-29(39)6-4-12-45-47(40,41)42/h2-3,5,7-11,13-14,19-21,25,30H,4,6,12,16-18H2,1H3,(H2,40,41,42)/t21-,25-,30-,31-/m1/s1. The number of hydrogen-bond donors (Lipinski definition) is 2. The molecule has 12 nitrogen and oxygen atoms in total. The van der Waals surface area contributed by atoms with E-state index in [1.54, 1.807) is 25.2 Å². The Morgan fingerprint density at radius 2 is 1.98 bits per heavy atom. The maximum atomic E-state index is 15.5. The maximum absolute atomic E-state index is 15.5. The van der Waals surface area contributed by atoms with Gasteiger partial charge in [-0.1, -0.05) is 24.3 Å². The molecule has 4 rings (SSSR count). The number of allylic oxidation sites excluding steroid dienone is 2. The average molecular weight is 709 g/mol. The van der Waals surface area contributed by atoms with Gasteiger partial charge in [0.05, 0.1) is 43.2 Å². The van der Waals surface area contributed by atoms with Gasteiger partial charge in [0.25, 0.3) is 0 Å². The van der Waals surface area contributed by atoms with Crippen LogP contribution in [0.2, 0.25) is 0 Å². The smallest absolute Gasteiger partial charge is 0.451 e. The van der Waals surface area contributed by atoms with Gasteiger partial charge in [-0.15, -0.1) is 11.8 Å². The van der Waals surface area contributed by atoms with Crippen molar-refractivity contribution in [2.24, 2.45) is 0 Å². The second-order valence-corrected chi connectivity index (χ2v) is 13.4. The summed E-state index contributed by atoms with van der Waals surface area (Å²) >= 11 is 1.28. The summed E-state index contributed by atoms with van der Waals surface area (Å²) in [4.78, 5) is 34.9. The zero-order chi connectivity index (χ0) is 34.7. The van der Waals surface area contributed by atoms with E-state index in [4.69, 9.17) is 29.3 Å². The molecule has 2 aromatic carbocycles. The van der Waals surface area contributed by atoms with E-state index in [0.29, 0.717) is 11.6 Å². The molecule has 17 heteroatoms. The van der Waals surface area contributed by atoms with Crippen LogP contribution in [0.3, 0.4) is 0 Å². The van der Waals surface area contributed by atoms with E-state index >= 15 is 4.39 Å². The minimum atomic E-state index is -4.74. The number of nitrogens with zero attached hydrogens (tertiary/aromatic N) is 4. The van der Waals surface area contributed by atoms with Crippen molar-refractivity contribution in [3.05, 3.63) is 101 Å². The van der Waals surface area contributed by atoms with Gasteiger partial charge in [-0.3, -0.25) is 9.32 Å². The van der Waals surface area contributed by atoms with Crippen molar-refractivity contribution in [1.29, 1.82) is 5.26 Å². The van der Waals surface area contributed by atoms with Gasteiger partial charge in [-0.2, -0.15) is 10.4 Å². The minimum absolute atomic E-state index is 0.104. The predicted octanol–water partition coefficient (Wildman–Crippen LogP) is 5.03. The molecular weight excluding hydrogens is 676 g/mol. The summed E-state index contributed by atoms with van der Waals surface area (Å²) in [5.74, 6) is -3.15. The summed E-state index contributed by atoms with van der Waals surface area (Å²) in [5.41, 5.74) is -1.37. The lowest BCUT2D eigenvalue weighted by atomic mass is 9.89. The van der Waals surface area contributed by atoms with Crippen molar-refractivity contribution >= 4 is 31.6 Å². The quantitative estimate of drug-likeness (QED) is 0.0938. The van der Waals surface area contributed by atoms with Crippen LogP contribution < -0.4 is 0 Å². The molecule has 48 heavy (non-hydrogen) atoms. The molecule has 0 radical (unpaired) electrons. The molecule has 3 aromatic rings. The van der Waals surface area contributed by atoms with E-state index in [0.717, 1.165) is 12.1 Å². The molecule has 0 unspecified atom stereocenters. The first kappa shape index (κ1) is 37.0. The van der Waals surface area contributed by atoms with Gasteiger partial charge in [0.15, 0.2) is 11.9 Å². The number of carbonyl (C=O) groups excluding carboxylic acids is 1. The van der Waals surface area contributed by atoms with Gasteiger partial charge >= 0.3 is 13.8 Å². The molecule has 1 aliphatic rings. The highest BCUT2D eigenvalue weighted by Crippen LogP contribution is 2.42. The van der Waals surface area contributed by atoms with E-state index in [-0.39, 0.29) is 49.0 Å². The third-order valence-electron chi connectivity index (χ3n) is 7.06. The third-order valence-corrected chi connectivity index (χ3v) is 9.03. The lowest BCUT2D eigenvalue weighted by Gasteiger charge is -2.40. The summed E-state index contributed by atoms with van der Waals surface area (Å²) < 4.78 is 78.0. The van der Waals surface area contributed by atoms with Crippen molar-refractivity contribution in [3.63, 3.8) is 0 Å². The summed E-state index contributed by atoms with van der Waals surface area (Å²) in [5, 5.41) is 11.9. The number of rotatable bonds is 15. The Morgan fingerprint density at radius 3 is 2.62 bits per heavy atom. The number of aromatic nitrogens is 3. The fourth-order valence-electron chi connectivity index (χ4n) is 4.78. The average Bonchev–Trinajstić information content (AvgIpc) is 3.55. The van der Waals surface area contributed by atoms with Crippen LogP contribution in [0, 0.1) is 28.8 Å². The van der Waals surface area contributed by atoms with Crippen LogP contribution in [0.1, 0.15) is 36.5 Å². The molecule has 1 aromatic heterocycles. The van der Waals surface area contributed by atoms with Crippen LogP contribution in [0.15, 0.2) is 67.3 Å². The first-order chi connectivity index (χ1) is 22.9. The van der Waals surface area contributed by atoms with Crippen molar-refractivity contribution in [2.75, 3.05) is 19.8 Å². The number of thioether (sulfide) groups is 1. The molecule has 2 atom stereocenters. The number of benzene rings is 2. The maximum Gasteiger partial charge on any atom is 0.469 e. The summed E-state index contributed by atoms with van der Waals surface area (Å²) in [6.45, 7) is 1.45. The molecule has 0 amide bonds. The number of phosphoric ester groups is 1. The summed E-state index contributed by atoms with van der Waals surface area (Å²) in [7, 11) is -4.74. The van der Waals surface area contributed by atoms with Crippen LogP contribution in [0.4, 0.5) is 13.2 Å². The van der Waals surface area contributed by atoms with Crippen molar-refractivity contribution < 1.29 is 51.1 Å².